The minimum atomic E-state index is -0.412. The molecule has 0 spiro atoms. The number of carbonyl (C=O) groups is 1. The van der Waals surface area contributed by atoms with Crippen molar-refractivity contribution in [2.75, 3.05) is 0 Å². The predicted molar refractivity (Wildman–Crippen MR) is 42.7 cm³/mol. The number of hydrogen-bond acceptors (Lipinski definition) is 2. The molecule has 0 aromatic heterocycles. The molecule has 3 nitrogen and oxygen atoms in total. The minimum absolute atomic E-state index is 0.0912. The Labute approximate surface area is 67.4 Å². The highest BCUT2D eigenvalue weighted by Gasteiger charge is 2.21. The van der Waals surface area contributed by atoms with Gasteiger partial charge in [0.15, 0.2) is 0 Å². The van der Waals surface area contributed by atoms with Gasteiger partial charge < -0.3 is 5.32 Å². The van der Waals surface area contributed by atoms with E-state index in [1.165, 1.54) is 0 Å². The van der Waals surface area contributed by atoms with E-state index in [0.717, 1.165) is 0 Å². The largest absolute Gasteiger partial charge is 0.340 e. The van der Waals surface area contributed by atoms with E-state index in [2.05, 4.69) is 5.32 Å². The van der Waals surface area contributed by atoms with Crippen LogP contribution in [-0.2, 0) is 4.79 Å². The molecule has 0 aromatic rings. The molecule has 1 amide bonds. The van der Waals surface area contributed by atoms with E-state index in [4.69, 9.17) is 5.26 Å². The van der Waals surface area contributed by atoms with Crippen LogP contribution in [0.4, 0.5) is 0 Å². The Hall–Kier alpha value is -1.04. The second kappa shape index (κ2) is 3.38. The van der Waals surface area contributed by atoms with Crippen molar-refractivity contribution < 1.29 is 4.79 Å². The van der Waals surface area contributed by atoms with Gasteiger partial charge in [0.2, 0.25) is 5.91 Å². The maximum Gasteiger partial charge on any atom is 0.226 e. The van der Waals surface area contributed by atoms with E-state index in [-0.39, 0.29) is 5.91 Å². The number of hydrogen-bond donors (Lipinski definition) is 1. The van der Waals surface area contributed by atoms with Gasteiger partial charge in [0, 0.05) is 5.41 Å². The molecule has 62 valence electrons. The van der Waals surface area contributed by atoms with Crippen molar-refractivity contribution in [2.45, 2.75) is 33.7 Å². The number of rotatable bonds is 1. The van der Waals surface area contributed by atoms with Crippen LogP contribution < -0.4 is 5.32 Å². The van der Waals surface area contributed by atoms with Crippen molar-refractivity contribution >= 4 is 5.91 Å². The molecule has 0 aliphatic rings. The van der Waals surface area contributed by atoms with Crippen LogP contribution in [0.2, 0.25) is 0 Å². The second-order valence-electron chi connectivity index (χ2n) is 3.57. The van der Waals surface area contributed by atoms with Crippen molar-refractivity contribution in [3.05, 3.63) is 0 Å². The first-order valence-electron chi connectivity index (χ1n) is 3.58. The molecule has 0 aliphatic heterocycles. The molecule has 0 aliphatic carbocycles. The van der Waals surface area contributed by atoms with Gasteiger partial charge in [-0.2, -0.15) is 5.26 Å². The Morgan fingerprint density at radius 1 is 1.55 bits per heavy atom. The Balaban J connectivity index is 4.01. The highest BCUT2D eigenvalue weighted by Crippen LogP contribution is 2.12. The Morgan fingerprint density at radius 3 is 2.27 bits per heavy atom. The van der Waals surface area contributed by atoms with Crippen LogP contribution in [0.15, 0.2) is 0 Å². The van der Waals surface area contributed by atoms with E-state index in [1.807, 2.05) is 26.8 Å². The van der Waals surface area contributed by atoms with Gasteiger partial charge in [-0.1, -0.05) is 20.8 Å². The van der Waals surface area contributed by atoms with Crippen molar-refractivity contribution in [1.29, 1.82) is 5.26 Å². The first-order chi connectivity index (χ1) is 4.88. The predicted octanol–water partition coefficient (Wildman–Crippen LogP) is 1.06. The van der Waals surface area contributed by atoms with Crippen LogP contribution in [0.25, 0.3) is 0 Å². The standard InChI is InChI=1S/C8H14N2O/c1-6(5-9)10-7(11)8(2,3)4/h6H,1-4H3,(H,10,11)/t6-/m1/s1. The van der Waals surface area contributed by atoms with Gasteiger partial charge in [0.05, 0.1) is 6.07 Å². The van der Waals surface area contributed by atoms with E-state index in [9.17, 15) is 4.79 Å². The van der Waals surface area contributed by atoms with Crippen LogP contribution in [-0.4, -0.2) is 11.9 Å². The first-order valence-corrected chi connectivity index (χ1v) is 3.58. The average molecular weight is 154 g/mol. The summed E-state index contributed by atoms with van der Waals surface area (Å²) < 4.78 is 0. The van der Waals surface area contributed by atoms with Gasteiger partial charge >= 0.3 is 0 Å². The van der Waals surface area contributed by atoms with Gasteiger partial charge in [-0.25, -0.2) is 0 Å². The zero-order chi connectivity index (χ0) is 9.07. The summed E-state index contributed by atoms with van der Waals surface area (Å²) in [4.78, 5) is 11.2. The van der Waals surface area contributed by atoms with E-state index in [1.54, 1.807) is 6.92 Å². The van der Waals surface area contributed by atoms with Crippen LogP contribution in [0.1, 0.15) is 27.7 Å². The summed E-state index contributed by atoms with van der Waals surface area (Å²) in [6, 6.07) is 1.53. The van der Waals surface area contributed by atoms with Crippen molar-refractivity contribution in [3.8, 4) is 6.07 Å². The molecule has 1 atom stereocenters. The van der Waals surface area contributed by atoms with Crippen LogP contribution in [0, 0.1) is 16.7 Å². The minimum Gasteiger partial charge on any atom is -0.340 e. The number of nitriles is 1. The summed E-state index contributed by atoms with van der Waals surface area (Å²) in [6.45, 7) is 7.09. The lowest BCUT2D eigenvalue weighted by atomic mass is 9.95. The van der Waals surface area contributed by atoms with Crippen LogP contribution in [0.5, 0.6) is 0 Å². The number of amides is 1. The maximum absolute atomic E-state index is 11.2. The Bertz CT molecular complexity index is 185. The lowest BCUT2D eigenvalue weighted by molar-refractivity contribution is -0.128. The molecule has 0 unspecified atom stereocenters. The Morgan fingerprint density at radius 2 is 2.00 bits per heavy atom. The zero-order valence-electron chi connectivity index (χ0n) is 7.43. The lowest BCUT2D eigenvalue weighted by Gasteiger charge is -2.18. The molecule has 0 fully saturated rings. The quantitative estimate of drug-likeness (QED) is 0.614. The normalized spacial score (nSPS) is 13.4. The van der Waals surface area contributed by atoms with Gasteiger partial charge in [0.25, 0.3) is 0 Å². The number of carbonyl (C=O) groups excluding carboxylic acids is 1. The van der Waals surface area contributed by atoms with Crippen LogP contribution in [0.3, 0.4) is 0 Å². The van der Waals surface area contributed by atoms with Gasteiger partial charge in [-0.05, 0) is 6.92 Å². The lowest BCUT2D eigenvalue weighted by Crippen LogP contribution is -2.39. The molecular weight excluding hydrogens is 140 g/mol. The average Bonchev–Trinajstić information content (AvgIpc) is 1.85. The smallest absolute Gasteiger partial charge is 0.226 e. The molecule has 1 N–H and O–H groups in total. The molecule has 0 bridgehead atoms. The summed E-state index contributed by atoms with van der Waals surface area (Å²) in [6.07, 6.45) is 0. The third-order valence-corrected chi connectivity index (χ3v) is 1.22. The monoisotopic (exact) mass is 154 g/mol. The fourth-order valence-corrected chi connectivity index (χ4v) is 0.445. The zero-order valence-corrected chi connectivity index (χ0v) is 7.43. The third kappa shape index (κ3) is 3.61. The van der Waals surface area contributed by atoms with Crippen molar-refractivity contribution in [3.63, 3.8) is 0 Å². The fourth-order valence-electron chi connectivity index (χ4n) is 0.445. The fraction of sp³-hybridized carbons (Fsp3) is 0.750. The molecule has 0 saturated carbocycles. The maximum atomic E-state index is 11.2. The van der Waals surface area contributed by atoms with Gasteiger partial charge in [-0.15, -0.1) is 0 Å². The molecule has 0 radical (unpaired) electrons. The summed E-state index contributed by atoms with van der Waals surface area (Å²) in [7, 11) is 0. The second-order valence-corrected chi connectivity index (χ2v) is 3.57. The van der Waals surface area contributed by atoms with Gasteiger partial charge in [-0.3, -0.25) is 4.79 Å². The topological polar surface area (TPSA) is 52.9 Å². The molecule has 0 rings (SSSR count). The highest BCUT2D eigenvalue weighted by atomic mass is 16.2. The van der Waals surface area contributed by atoms with E-state index < -0.39 is 11.5 Å². The highest BCUT2D eigenvalue weighted by molar-refractivity contribution is 5.81. The van der Waals surface area contributed by atoms with Gasteiger partial charge in [0.1, 0.15) is 6.04 Å². The third-order valence-electron chi connectivity index (χ3n) is 1.22. The number of nitrogens with one attached hydrogen (secondary N) is 1. The summed E-state index contributed by atoms with van der Waals surface area (Å²) >= 11 is 0. The SMILES string of the molecule is C[C@H](C#N)NC(=O)C(C)(C)C. The Kier molecular flexibility index (Phi) is 3.06. The van der Waals surface area contributed by atoms with Crippen LogP contribution >= 0.6 is 0 Å². The summed E-state index contributed by atoms with van der Waals surface area (Å²) in [5.74, 6) is -0.0912. The molecule has 0 saturated heterocycles. The summed E-state index contributed by atoms with van der Waals surface area (Å²) in [5.41, 5.74) is -0.412. The van der Waals surface area contributed by atoms with E-state index >= 15 is 0 Å². The van der Waals surface area contributed by atoms with Crippen molar-refractivity contribution in [2.24, 2.45) is 5.41 Å². The van der Waals surface area contributed by atoms with E-state index in [0.29, 0.717) is 0 Å². The molecular formula is C8H14N2O. The van der Waals surface area contributed by atoms with Crippen molar-refractivity contribution in [1.82, 2.24) is 5.32 Å². The first kappa shape index (κ1) is 9.96. The molecule has 3 heteroatoms. The molecule has 11 heavy (non-hydrogen) atoms. The molecule has 0 aromatic carbocycles. The summed E-state index contributed by atoms with van der Waals surface area (Å²) in [5, 5.41) is 11.0. The molecule has 0 heterocycles. The number of nitrogens with zero attached hydrogens (tertiary/aromatic N) is 1.